The van der Waals surface area contributed by atoms with Crippen LogP contribution in [-0.4, -0.2) is 54.4 Å². The van der Waals surface area contributed by atoms with Crippen molar-refractivity contribution in [2.75, 3.05) is 19.0 Å². The summed E-state index contributed by atoms with van der Waals surface area (Å²) in [6.07, 6.45) is 4.35. The zero-order valence-corrected chi connectivity index (χ0v) is 18.2. The Hall–Kier alpha value is -4.54. The maximum Gasteiger partial charge on any atom is 0.343 e. The fourth-order valence-electron chi connectivity index (χ4n) is 3.62. The van der Waals surface area contributed by atoms with Gasteiger partial charge < -0.3 is 19.8 Å². The number of carbonyl (C=O) groups is 1. The van der Waals surface area contributed by atoms with E-state index in [0.29, 0.717) is 39.9 Å². The van der Waals surface area contributed by atoms with E-state index in [9.17, 15) is 4.79 Å². The lowest BCUT2D eigenvalue weighted by Gasteiger charge is -2.13. The minimum atomic E-state index is -0.517. The summed E-state index contributed by atoms with van der Waals surface area (Å²) in [6.45, 7) is 3.95. The molecule has 0 bridgehead atoms. The second kappa shape index (κ2) is 8.19. The average molecular weight is 444 g/mol. The van der Waals surface area contributed by atoms with Gasteiger partial charge in [0.25, 0.3) is 0 Å². The number of para-hydroxylation sites is 1. The SMILES string of the molecule is CCOC(=O)c1cnn(-c2cc(C)c3cccc(OC)c3n2)c1Nc1ncnc2nc[nH]c12. The van der Waals surface area contributed by atoms with Gasteiger partial charge in [-0.25, -0.2) is 24.7 Å². The Balaban J connectivity index is 1.70. The number of ether oxygens (including phenoxy) is 2. The van der Waals surface area contributed by atoms with Gasteiger partial charge in [0, 0.05) is 5.39 Å². The minimum Gasteiger partial charge on any atom is -0.494 e. The Labute approximate surface area is 187 Å². The van der Waals surface area contributed by atoms with Crippen LogP contribution >= 0.6 is 0 Å². The van der Waals surface area contributed by atoms with Gasteiger partial charge in [-0.3, -0.25) is 0 Å². The number of methoxy groups -OCH3 is 1. The molecule has 0 aliphatic carbocycles. The number of rotatable bonds is 6. The molecule has 0 fully saturated rings. The maximum absolute atomic E-state index is 12.7. The Morgan fingerprint density at radius 3 is 2.94 bits per heavy atom. The molecule has 0 saturated heterocycles. The molecule has 11 heteroatoms. The summed E-state index contributed by atoms with van der Waals surface area (Å²) in [7, 11) is 1.60. The van der Waals surface area contributed by atoms with Crippen molar-refractivity contribution in [2.24, 2.45) is 0 Å². The second-order valence-corrected chi connectivity index (χ2v) is 7.14. The normalized spacial score (nSPS) is 11.1. The predicted molar refractivity (Wildman–Crippen MR) is 121 cm³/mol. The number of H-pyrrole nitrogens is 1. The summed E-state index contributed by atoms with van der Waals surface area (Å²) in [4.78, 5) is 33.1. The van der Waals surface area contributed by atoms with Crippen LogP contribution in [0.3, 0.4) is 0 Å². The first-order valence-electron chi connectivity index (χ1n) is 10.2. The smallest absolute Gasteiger partial charge is 0.343 e. The predicted octanol–water partition coefficient (Wildman–Crippen LogP) is 3.32. The number of nitrogens with zero attached hydrogens (tertiary/aromatic N) is 6. The van der Waals surface area contributed by atoms with E-state index >= 15 is 0 Å². The Morgan fingerprint density at radius 2 is 2.12 bits per heavy atom. The van der Waals surface area contributed by atoms with Gasteiger partial charge in [0.2, 0.25) is 0 Å². The van der Waals surface area contributed by atoms with Crippen LogP contribution in [0.15, 0.2) is 43.1 Å². The van der Waals surface area contributed by atoms with Gasteiger partial charge in [0.05, 0.1) is 26.2 Å². The lowest BCUT2D eigenvalue weighted by Crippen LogP contribution is -2.11. The van der Waals surface area contributed by atoms with Crippen molar-refractivity contribution < 1.29 is 14.3 Å². The van der Waals surface area contributed by atoms with Crippen LogP contribution in [0.1, 0.15) is 22.8 Å². The number of aromatic amines is 1. The van der Waals surface area contributed by atoms with Crippen LogP contribution in [0, 0.1) is 6.92 Å². The van der Waals surface area contributed by atoms with Gasteiger partial charge in [0.15, 0.2) is 23.1 Å². The molecule has 0 unspecified atom stereocenters. The number of hydrogen-bond acceptors (Lipinski definition) is 9. The van der Waals surface area contributed by atoms with Crippen LogP contribution in [0.5, 0.6) is 5.75 Å². The third kappa shape index (κ3) is 3.49. The Bertz CT molecular complexity index is 1490. The van der Waals surface area contributed by atoms with Gasteiger partial charge >= 0.3 is 5.97 Å². The van der Waals surface area contributed by atoms with E-state index in [2.05, 4.69) is 30.4 Å². The fraction of sp³-hybridized carbons (Fsp3) is 0.182. The molecule has 11 nitrogen and oxygen atoms in total. The van der Waals surface area contributed by atoms with Crippen LogP contribution in [0.25, 0.3) is 27.9 Å². The summed E-state index contributed by atoms with van der Waals surface area (Å²) in [6, 6.07) is 7.63. The van der Waals surface area contributed by atoms with Crippen LogP contribution < -0.4 is 10.1 Å². The molecule has 5 aromatic rings. The van der Waals surface area contributed by atoms with Gasteiger partial charge in [-0.15, -0.1) is 0 Å². The highest BCUT2D eigenvalue weighted by Crippen LogP contribution is 2.30. The van der Waals surface area contributed by atoms with Gasteiger partial charge in [-0.1, -0.05) is 12.1 Å². The molecule has 0 saturated carbocycles. The second-order valence-electron chi connectivity index (χ2n) is 7.14. The number of esters is 1. The number of hydrogen-bond donors (Lipinski definition) is 2. The molecule has 1 aromatic carbocycles. The Kier molecular flexibility index (Phi) is 5.05. The van der Waals surface area contributed by atoms with Crippen LogP contribution in [-0.2, 0) is 4.74 Å². The number of benzene rings is 1. The van der Waals surface area contributed by atoms with E-state index in [1.54, 1.807) is 14.0 Å². The number of aryl methyl sites for hydroxylation is 1. The number of anilines is 2. The molecule has 0 radical (unpaired) electrons. The van der Waals surface area contributed by atoms with E-state index < -0.39 is 5.97 Å². The molecule has 5 rings (SSSR count). The molecular formula is C22H20N8O3. The quantitative estimate of drug-likeness (QED) is 0.378. The lowest BCUT2D eigenvalue weighted by atomic mass is 10.1. The molecule has 0 atom stereocenters. The standard InChI is InChI=1S/C22H20N8O3/c1-4-33-22(31)14-9-27-30(21(14)29-20-18-19(24-10-23-18)25-11-26-20)16-8-12(2)13-6-5-7-15(32-3)17(13)28-16/h5-11H,4H2,1-3H3,(H2,23,24,25,26,29). The highest BCUT2D eigenvalue weighted by atomic mass is 16.5. The summed E-state index contributed by atoms with van der Waals surface area (Å²) >= 11 is 0. The third-order valence-corrected chi connectivity index (χ3v) is 5.16. The van der Waals surface area contributed by atoms with E-state index in [1.807, 2.05) is 31.2 Å². The minimum absolute atomic E-state index is 0.228. The van der Waals surface area contributed by atoms with Crippen molar-refractivity contribution in [3.8, 4) is 11.6 Å². The fourth-order valence-corrected chi connectivity index (χ4v) is 3.62. The summed E-state index contributed by atoms with van der Waals surface area (Å²) in [5.41, 5.74) is 2.98. The van der Waals surface area contributed by atoms with Crippen molar-refractivity contribution in [2.45, 2.75) is 13.8 Å². The largest absolute Gasteiger partial charge is 0.494 e. The van der Waals surface area contributed by atoms with E-state index in [-0.39, 0.29) is 12.2 Å². The van der Waals surface area contributed by atoms with Crippen LogP contribution in [0.4, 0.5) is 11.6 Å². The molecule has 0 spiro atoms. The molecule has 33 heavy (non-hydrogen) atoms. The number of nitrogens with one attached hydrogen (secondary N) is 2. The summed E-state index contributed by atoms with van der Waals surface area (Å²) < 4.78 is 12.3. The molecule has 0 aliphatic heterocycles. The molecule has 2 N–H and O–H groups in total. The van der Waals surface area contributed by atoms with Crippen LogP contribution in [0.2, 0.25) is 0 Å². The Morgan fingerprint density at radius 1 is 1.24 bits per heavy atom. The van der Waals surface area contributed by atoms with Gasteiger partial charge in [0.1, 0.15) is 28.7 Å². The highest BCUT2D eigenvalue weighted by Gasteiger charge is 2.23. The van der Waals surface area contributed by atoms with Gasteiger partial charge in [-0.2, -0.15) is 9.78 Å². The van der Waals surface area contributed by atoms with E-state index in [4.69, 9.17) is 14.5 Å². The van der Waals surface area contributed by atoms with Crippen molar-refractivity contribution >= 4 is 39.7 Å². The monoisotopic (exact) mass is 444 g/mol. The lowest BCUT2D eigenvalue weighted by molar-refractivity contribution is 0.0527. The molecule has 0 amide bonds. The first kappa shape index (κ1) is 20.4. The third-order valence-electron chi connectivity index (χ3n) is 5.16. The van der Waals surface area contributed by atoms with Gasteiger partial charge in [-0.05, 0) is 31.5 Å². The maximum atomic E-state index is 12.7. The first-order valence-corrected chi connectivity index (χ1v) is 10.2. The number of imidazole rings is 1. The van der Waals surface area contributed by atoms with E-state index in [1.165, 1.54) is 23.5 Å². The van der Waals surface area contributed by atoms with Crippen molar-refractivity contribution in [3.63, 3.8) is 0 Å². The zero-order valence-electron chi connectivity index (χ0n) is 18.2. The molecule has 4 heterocycles. The average Bonchev–Trinajstić information content (AvgIpc) is 3.46. The first-order chi connectivity index (χ1) is 16.1. The molecule has 166 valence electrons. The molecular weight excluding hydrogens is 424 g/mol. The van der Waals surface area contributed by atoms with Crippen molar-refractivity contribution in [1.29, 1.82) is 0 Å². The molecule has 4 aromatic heterocycles. The summed E-state index contributed by atoms with van der Waals surface area (Å²) in [5.74, 6) is 1.40. The molecule has 0 aliphatic rings. The number of pyridine rings is 1. The zero-order chi connectivity index (χ0) is 22.9. The number of carbonyl (C=O) groups excluding carboxylic acids is 1. The van der Waals surface area contributed by atoms with Crippen molar-refractivity contribution in [1.82, 2.24) is 34.7 Å². The number of fused-ring (bicyclic) bond motifs is 2. The van der Waals surface area contributed by atoms with E-state index in [0.717, 1.165) is 10.9 Å². The highest BCUT2D eigenvalue weighted by molar-refractivity contribution is 5.97. The summed E-state index contributed by atoms with van der Waals surface area (Å²) in [5, 5.41) is 8.59. The van der Waals surface area contributed by atoms with Crippen molar-refractivity contribution in [3.05, 3.63) is 54.2 Å². The number of aromatic nitrogens is 7. The topological polar surface area (TPSA) is 133 Å².